The van der Waals surface area contributed by atoms with Crippen molar-refractivity contribution >= 4 is 5.91 Å². The Kier molecular flexibility index (Phi) is 1.28. The molecule has 0 aliphatic heterocycles. The van der Waals surface area contributed by atoms with Gasteiger partial charge in [0.25, 0.3) is 0 Å². The Hall–Kier alpha value is -0.790. The molecule has 0 aromatic carbocycles. The lowest BCUT2D eigenvalue weighted by atomic mass is 10.9. The molecule has 0 heterocycles. The van der Waals surface area contributed by atoms with E-state index in [2.05, 4.69) is 12.3 Å². The predicted molar refractivity (Wildman–Crippen MR) is 19.4 cm³/mol. The van der Waals surface area contributed by atoms with E-state index >= 15 is 0 Å². The Labute approximate surface area is 30.3 Å². The van der Waals surface area contributed by atoms with E-state index in [1.807, 2.05) is 0 Å². The Balaban J connectivity index is 3.20. The zero-order valence-corrected chi connectivity index (χ0v) is 2.77. The first kappa shape index (κ1) is 4.21. The van der Waals surface area contributed by atoms with Gasteiger partial charge in [-0.15, -0.1) is 0 Å². The number of primary amides is 1. The lowest BCUT2D eigenvalue weighted by Gasteiger charge is -1.65. The van der Waals surface area contributed by atoms with Crippen LogP contribution in [-0.4, -0.2) is 5.91 Å². The van der Waals surface area contributed by atoms with Crippen molar-refractivity contribution in [3.05, 3.63) is 12.7 Å². The van der Waals surface area contributed by atoms with E-state index in [-0.39, 0.29) is 0 Å². The van der Waals surface area contributed by atoms with Crippen LogP contribution >= 0.6 is 0 Å². The highest BCUT2D eigenvalue weighted by Crippen LogP contribution is 1.48. The maximum atomic E-state index is 9.47. The second-order valence-electron chi connectivity index (χ2n) is 0.606. The van der Waals surface area contributed by atoms with Crippen LogP contribution in [0.5, 0.6) is 0 Å². The van der Waals surface area contributed by atoms with Crippen LogP contribution in [0.15, 0.2) is 12.7 Å². The molecule has 0 saturated heterocycles. The Morgan fingerprint density at radius 3 is 2.20 bits per heavy atom. The quantitative estimate of drug-likeness (QED) is 0.334. The first-order chi connectivity index (χ1) is 2.27. The van der Waals surface area contributed by atoms with Gasteiger partial charge in [0.1, 0.15) is 0 Å². The van der Waals surface area contributed by atoms with E-state index in [4.69, 9.17) is 0 Å². The van der Waals surface area contributed by atoms with Crippen molar-refractivity contribution in [2.45, 2.75) is 0 Å². The second-order valence-corrected chi connectivity index (χ2v) is 0.606. The number of rotatable bonds is 1. The van der Waals surface area contributed by atoms with E-state index in [1.54, 1.807) is 0 Å². The highest BCUT2D eigenvalue weighted by molar-refractivity contribution is 5.84. The molecule has 0 fully saturated rings. The number of carbonyl (C=O) groups excluding carboxylic acids is 1. The molecule has 0 radical (unpaired) electrons. The van der Waals surface area contributed by atoms with Gasteiger partial charge in [-0.3, -0.25) is 4.79 Å². The largest absolute Gasteiger partial charge is 0.366 e. The summed E-state index contributed by atoms with van der Waals surface area (Å²) >= 11 is 0. The van der Waals surface area contributed by atoms with Gasteiger partial charge < -0.3 is 5.73 Å². The molecule has 0 aliphatic rings. The summed E-state index contributed by atoms with van der Waals surface area (Å²) in [5.74, 6) is -0.481. The van der Waals surface area contributed by atoms with Crippen LogP contribution < -0.4 is 5.73 Å². The molecule has 0 saturated carbocycles. The van der Waals surface area contributed by atoms with Crippen molar-refractivity contribution in [3.8, 4) is 0 Å². The van der Waals surface area contributed by atoms with Crippen molar-refractivity contribution in [3.63, 3.8) is 0 Å². The van der Waals surface area contributed by atoms with Crippen LogP contribution in [0.3, 0.4) is 0 Å². The molecule has 5 heavy (non-hydrogen) atoms. The minimum Gasteiger partial charge on any atom is -0.366 e. The molecule has 0 spiro atoms. The summed E-state index contributed by atoms with van der Waals surface area (Å²) in [6.07, 6.45) is 1.06. The summed E-state index contributed by atoms with van der Waals surface area (Å²) in [5, 5.41) is 0. The molecule has 2 N–H and O–H groups in total. The van der Waals surface area contributed by atoms with Gasteiger partial charge in [0.2, 0.25) is 5.91 Å². The van der Waals surface area contributed by atoms with E-state index in [0.717, 1.165) is 6.08 Å². The zero-order chi connectivity index (χ0) is 4.28. The fourth-order valence-corrected chi connectivity index (χ4v) is 0. The fraction of sp³-hybridized carbons (Fsp3) is 0. The molecule has 2 heteroatoms. The van der Waals surface area contributed by atoms with Crippen molar-refractivity contribution in [2.75, 3.05) is 0 Å². The van der Waals surface area contributed by atoms with Crippen LogP contribution in [0.25, 0.3) is 0 Å². The summed E-state index contributed by atoms with van der Waals surface area (Å²) in [6, 6.07) is 0. The molecule has 0 rings (SSSR count). The van der Waals surface area contributed by atoms with Gasteiger partial charge in [0.05, 0.1) is 0 Å². The second kappa shape index (κ2) is 1.52. The molecule has 0 aromatic rings. The molecule has 1 amide bonds. The van der Waals surface area contributed by atoms with Gasteiger partial charge in [-0.1, -0.05) is 6.58 Å². The summed E-state index contributed by atoms with van der Waals surface area (Å²) in [4.78, 5) is 9.47. The maximum Gasteiger partial charge on any atom is 0.240 e. The van der Waals surface area contributed by atoms with Crippen molar-refractivity contribution in [2.24, 2.45) is 5.73 Å². The van der Waals surface area contributed by atoms with E-state index in [1.165, 1.54) is 0 Å². The van der Waals surface area contributed by atoms with Gasteiger partial charge in [-0.05, 0) is 6.08 Å². The number of carbonyl (C=O) groups is 1. The van der Waals surface area contributed by atoms with Crippen LogP contribution in [0.4, 0.5) is 0 Å². The standard InChI is InChI=1S/C3H5NO/c1-2-3(4)5/h2H,1H2,(H2,4,5)/i3+1. The molecular formula is C3H5NO. The predicted octanol–water partition coefficient (Wildman–Crippen LogP) is -0.342. The molecule has 0 aromatic heterocycles. The topological polar surface area (TPSA) is 43.1 Å². The molecular weight excluding hydrogens is 67.0 g/mol. The number of nitrogens with two attached hydrogens (primary N) is 1. The normalized spacial score (nSPS) is 6.40. The van der Waals surface area contributed by atoms with Crippen LogP contribution in [0.2, 0.25) is 0 Å². The molecule has 0 aliphatic carbocycles. The fourth-order valence-electron chi connectivity index (χ4n) is 0. The molecule has 0 unspecified atom stereocenters. The van der Waals surface area contributed by atoms with Gasteiger partial charge in [-0.2, -0.15) is 0 Å². The van der Waals surface area contributed by atoms with Gasteiger partial charge in [-0.25, -0.2) is 0 Å². The van der Waals surface area contributed by atoms with Crippen LogP contribution in [0.1, 0.15) is 0 Å². The molecule has 2 nitrogen and oxygen atoms in total. The lowest BCUT2D eigenvalue weighted by molar-refractivity contribution is -0.113. The Morgan fingerprint density at radius 2 is 2.20 bits per heavy atom. The third kappa shape index (κ3) is 3.21. The van der Waals surface area contributed by atoms with Crippen LogP contribution in [-0.2, 0) is 4.79 Å². The molecule has 28 valence electrons. The smallest absolute Gasteiger partial charge is 0.240 e. The number of hydrogen-bond donors (Lipinski definition) is 1. The average Bonchev–Trinajstić information content (AvgIpc) is 1.38. The Morgan fingerprint density at radius 1 is 2.00 bits per heavy atom. The minimum atomic E-state index is -0.481. The highest BCUT2D eigenvalue weighted by Gasteiger charge is 1.69. The number of amides is 1. The monoisotopic (exact) mass is 72.0 g/mol. The zero-order valence-electron chi connectivity index (χ0n) is 2.77. The van der Waals surface area contributed by atoms with Gasteiger partial charge in [0.15, 0.2) is 0 Å². The van der Waals surface area contributed by atoms with E-state index in [9.17, 15) is 4.79 Å². The first-order valence-corrected chi connectivity index (χ1v) is 1.19. The summed E-state index contributed by atoms with van der Waals surface area (Å²) in [5.41, 5.74) is 4.53. The summed E-state index contributed by atoms with van der Waals surface area (Å²) in [7, 11) is 0. The van der Waals surface area contributed by atoms with E-state index in [0.29, 0.717) is 0 Å². The maximum absolute atomic E-state index is 9.47. The molecule has 0 bridgehead atoms. The first-order valence-electron chi connectivity index (χ1n) is 1.19. The SMILES string of the molecule is C=C[13C](N)=O. The average molecular weight is 72.1 g/mol. The van der Waals surface area contributed by atoms with Crippen molar-refractivity contribution in [1.29, 1.82) is 0 Å². The molecule has 0 atom stereocenters. The van der Waals surface area contributed by atoms with Gasteiger partial charge >= 0.3 is 0 Å². The van der Waals surface area contributed by atoms with Crippen molar-refractivity contribution < 1.29 is 4.79 Å². The van der Waals surface area contributed by atoms with Crippen molar-refractivity contribution in [1.82, 2.24) is 0 Å². The third-order valence-corrected chi connectivity index (χ3v) is 0.201. The van der Waals surface area contributed by atoms with Crippen LogP contribution in [0, 0.1) is 0 Å². The summed E-state index contributed by atoms with van der Waals surface area (Å²) < 4.78 is 0. The number of hydrogen-bond acceptors (Lipinski definition) is 1. The minimum absolute atomic E-state index is 0.481. The van der Waals surface area contributed by atoms with E-state index < -0.39 is 5.91 Å². The summed E-state index contributed by atoms with van der Waals surface area (Å²) in [6.45, 7) is 3.09. The third-order valence-electron chi connectivity index (χ3n) is 0.201. The Bertz CT molecular complexity index is 57.9. The van der Waals surface area contributed by atoms with Gasteiger partial charge in [0, 0.05) is 0 Å². The highest BCUT2D eigenvalue weighted by atomic mass is 16.2. The lowest BCUT2D eigenvalue weighted by Crippen LogP contribution is -2.04.